The molecule has 0 amide bonds. The number of alkyl halides is 3. The predicted octanol–water partition coefficient (Wildman–Crippen LogP) is 0.238. The van der Waals surface area contributed by atoms with Gasteiger partial charge in [-0.3, -0.25) is 9.13 Å². The number of rotatable bonds is 3. The highest BCUT2D eigenvalue weighted by atomic mass is 19.4. The quantitative estimate of drug-likeness (QED) is 0.594. The molecule has 1 aliphatic heterocycles. The second-order valence-electron chi connectivity index (χ2n) is 6.19. The summed E-state index contributed by atoms with van der Waals surface area (Å²) in [5, 5.41) is 13.4. The van der Waals surface area contributed by atoms with Gasteiger partial charge in [-0.1, -0.05) is 5.92 Å². The fourth-order valence-corrected chi connectivity index (χ4v) is 2.79. The van der Waals surface area contributed by atoms with E-state index in [4.69, 9.17) is 9.90 Å². The minimum absolute atomic E-state index is 0.123. The van der Waals surface area contributed by atoms with E-state index in [0.717, 1.165) is 37.5 Å². The maximum atomic E-state index is 12.6. The Labute approximate surface area is 169 Å². The van der Waals surface area contributed by atoms with Crippen LogP contribution >= 0.6 is 0 Å². The largest absolute Gasteiger partial charge is 0.490 e. The van der Waals surface area contributed by atoms with E-state index in [2.05, 4.69) is 37.3 Å². The van der Waals surface area contributed by atoms with Crippen molar-refractivity contribution in [3.63, 3.8) is 0 Å². The number of aryl methyl sites for hydroxylation is 1. The topological polar surface area (TPSA) is 117 Å². The fraction of sp³-hybridized carbons (Fsp3) is 0.529. The molecule has 0 bridgehead atoms. The Morgan fingerprint density at radius 3 is 2.40 bits per heavy atom. The molecule has 2 aromatic rings. The van der Waals surface area contributed by atoms with Gasteiger partial charge in [-0.15, -0.1) is 5.92 Å². The van der Waals surface area contributed by atoms with E-state index in [1.54, 1.807) is 30.2 Å². The highest BCUT2D eigenvalue weighted by Gasteiger charge is 2.38. The molecule has 1 saturated heterocycles. The molecule has 0 aromatic carbocycles. The average molecular weight is 429 g/mol. The second-order valence-corrected chi connectivity index (χ2v) is 6.19. The predicted molar refractivity (Wildman–Crippen MR) is 105 cm³/mol. The SMILES string of the molecule is CC#CCn1c(=O)n(C)c2nc(NC)nc(N3CCNCC3)c21.O=C(O)C(F)(F)F. The number of aromatic nitrogens is 4. The molecule has 1 fully saturated rings. The maximum Gasteiger partial charge on any atom is 0.490 e. The van der Waals surface area contributed by atoms with Crippen molar-refractivity contribution in [2.75, 3.05) is 43.4 Å². The van der Waals surface area contributed by atoms with Crippen LogP contribution in [0.4, 0.5) is 24.9 Å². The lowest BCUT2D eigenvalue weighted by molar-refractivity contribution is -0.192. The first-order valence-electron chi connectivity index (χ1n) is 8.92. The van der Waals surface area contributed by atoms with E-state index >= 15 is 0 Å². The van der Waals surface area contributed by atoms with Gasteiger partial charge in [0.1, 0.15) is 5.52 Å². The van der Waals surface area contributed by atoms with E-state index in [0.29, 0.717) is 18.1 Å². The van der Waals surface area contributed by atoms with E-state index in [1.807, 2.05) is 0 Å². The van der Waals surface area contributed by atoms with Crippen LogP contribution in [0.2, 0.25) is 0 Å². The second kappa shape index (κ2) is 9.49. The van der Waals surface area contributed by atoms with Crippen LogP contribution in [-0.2, 0) is 18.4 Å². The summed E-state index contributed by atoms with van der Waals surface area (Å²) in [7, 11) is 3.51. The summed E-state index contributed by atoms with van der Waals surface area (Å²) in [5.41, 5.74) is 1.25. The number of carboxylic acid groups (broad SMARTS) is 1. The standard InChI is InChI=1S/C15H21N7O.C2HF3O2/c1-4-5-8-22-11-12(20(3)15(22)23)18-14(16-2)19-13(11)21-9-6-17-7-10-21;3-2(4,5)1(6)7/h17H,6-10H2,1-3H3,(H,16,18,19);(H,6,7). The lowest BCUT2D eigenvalue weighted by Crippen LogP contribution is -2.44. The van der Waals surface area contributed by atoms with E-state index in [1.165, 1.54) is 0 Å². The van der Waals surface area contributed by atoms with E-state index in [-0.39, 0.29) is 5.69 Å². The van der Waals surface area contributed by atoms with Crippen LogP contribution < -0.4 is 21.2 Å². The number of piperazine rings is 1. The van der Waals surface area contributed by atoms with Gasteiger partial charge in [0.05, 0.1) is 6.54 Å². The third kappa shape index (κ3) is 5.01. The summed E-state index contributed by atoms with van der Waals surface area (Å²) in [4.78, 5) is 32.7. The van der Waals surface area contributed by atoms with Crippen molar-refractivity contribution in [3.05, 3.63) is 10.5 Å². The molecular weight excluding hydrogens is 407 g/mol. The van der Waals surface area contributed by atoms with Gasteiger partial charge in [0.2, 0.25) is 5.95 Å². The van der Waals surface area contributed by atoms with Crippen molar-refractivity contribution in [2.45, 2.75) is 19.6 Å². The maximum absolute atomic E-state index is 12.6. The van der Waals surface area contributed by atoms with Crippen LogP contribution in [0.25, 0.3) is 11.2 Å². The van der Waals surface area contributed by atoms with Gasteiger partial charge < -0.3 is 20.6 Å². The van der Waals surface area contributed by atoms with Crippen LogP contribution in [0.5, 0.6) is 0 Å². The smallest absolute Gasteiger partial charge is 0.475 e. The molecule has 0 aliphatic carbocycles. The van der Waals surface area contributed by atoms with Crippen LogP contribution in [-0.4, -0.2) is 69.6 Å². The van der Waals surface area contributed by atoms with Gasteiger partial charge in [0.15, 0.2) is 11.5 Å². The summed E-state index contributed by atoms with van der Waals surface area (Å²) < 4.78 is 34.9. The van der Waals surface area contributed by atoms with Crippen molar-refractivity contribution in [1.82, 2.24) is 24.4 Å². The Kier molecular flexibility index (Phi) is 7.28. The van der Waals surface area contributed by atoms with Crippen LogP contribution in [0.15, 0.2) is 4.79 Å². The molecule has 2 aromatic heterocycles. The third-order valence-corrected chi connectivity index (χ3v) is 4.25. The fourth-order valence-electron chi connectivity index (χ4n) is 2.79. The van der Waals surface area contributed by atoms with Gasteiger partial charge >= 0.3 is 17.8 Å². The summed E-state index contributed by atoms with van der Waals surface area (Å²) >= 11 is 0. The van der Waals surface area contributed by atoms with E-state index < -0.39 is 12.1 Å². The zero-order valence-electron chi connectivity index (χ0n) is 16.7. The summed E-state index contributed by atoms with van der Waals surface area (Å²) in [6.45, 7) is 5.59. The molecule has 0 radical (unpaired) electrons. The Balaban J connectivity index is 0.000000396. The van der Waals surface area contributed by atoms with Crippen molar-refractivity contribution < 1.29 is 23.1 Å². The molecule has 0 saturated carbocycles. The van der Waals surface area contributed by atoms with Crippen LogP contribution in [0.1, 0.15) is 6.92 Å². The molecule has 0 spiro atoms. The zero-order valence-corrected chi connectivity index (χ0v) is 16.7. The molecule has 0 atom stereocenters. The molecule has 3 N–H and O–H groups in total. The molecule has 164 valence electrons. The van der Waals surface area contributed by atoms with Crippen molar-refractivity contribution >= 4 is 28.9 Å². The molecule has 1 aliphatic rings. The monoisotopic (exact) mass is 429 g/mol. The number of nitrogens with zero attached hydrogens (tertiary/aromatic N) is 5. The first kappa shape index (κ1) is 23.0. The lowest BCUT2D eigenvalue weighted by Gasteiger charge is -2.29. The number of halogens is 3. The first-order valence-corrected chi connectivity index (χ1v) is 8.92. The molecule has 13 heteroatoms. The Bertz CT molecular complexity index is 1030. The number of imidazole rings is 1. The van der Waals surface area contributed by atoms with Crippen LogP contribution in [0.3, 0.4) is 0 Å². The number of anilines is 2. The average Bonchev–Trinajstić information content (AvgIpc) is 2.96. The third-order valence-electron chi connectivity index (χ3n) is 4.25. The molecular formula is C17H22F3N7O3. The van der Waals surface area contributed by atoms with Gasteiger partial charge in [-0.25, -0.2) is 9.59 Å². The Morgan fingerprint density at radius 1 is 1.30 bits per heavy atom. The van der Waals surface area contributed by atoms with Gasteiger partial charge in [-0.2, -0.15) is 23.1 Å². The molecule has 3 rings (SSSR count). The summed E-state index contributed by atoms with van der Waals surface area (Å²) in [6, 6.07) is 0. The number of carbonyl (C=O) groups is 1. The highest BCUT2D eigenvalue weighted by molar-refractivity contribution is 5.86. The number of aliphatic carboxylic acids is 1. The highest BCUT2D eigenvalue weighted by Crippen LogP contribution is 2.25. The minimum Gasteiger partial charge on any atom is -0.475 e. The van der Waals surface area contributed by atoms with Gasteiger partial charge in [0.25, 0.3) is 0 Å². The molecule has 0 unspecified atom stereocenters. The van der Waals surface area contributed by atoms with Crippen molar-refractivity contribution in [1.29, 1.82) is 0 Å². The molecule has 10 nitrogen and oxygen atoms in total. The first-order chi connectivity index (χ1) is 14.1. The number of carboxylic acids is 1. The number of hydrogen-bond donors (Lipinski definition) is 3. The van der Waals surface area contributed by atoms with Crippen LogP contribution in [0, 0.1) is 11.8 Å². The number of nitrogens with one attached hydrogen (secondary N) is 2. The zero-order chi connectivity index (χ0) is 22.5. The van der Waals surface area contributed by atoms with Crippen molar-refractivity contribution in [3.8, 4) is 11.8 Å². The molecule has 3 heterocycles. The van der Waals surface area contributed by atoms with Crippen molar-refractivity contribution in [2.24, 2.45) is 7.05 Å². The summed E-state index contributed by atoms with van der Waals surface area (Å²) in [6.07, 6.45) is -5.08. The number of fused-ring (bicyclic) bond motifs is 1. The summed E-state index contributed by atoms with van der Waals surface area (Å²) in [5.74, 6) is 4.36. The van der Waals surface area contributed by atoms with E-state index in [9.17, 15) is 18.0 Å². The normalized spacial score (nSPS) is 13.9. The Morgan fingerprint density at radius 2 is 1.90 bits per heavy atom. The Hall–Kier alpha value is -3.27. The minimum atomic E-state index is -5.08. The lowest BCUT2D eigenvalue weighted by atomic mass is 10.3. The van der Waals surface area contributed by atoms with Gasteiger partial charge in [-0.05, 0) is 6.92 Å². The van der Waals surface area contributed by atoms with Gasteiger partial charge in [0, 0.05) is 40.3 Å². The molecule has 30 heavy (non-hydrogen) atoms. The number of hydrogen-bond acceptors (Lipinski definition) is 7.